The van der Waals surface area contributed by atoms with Crippen molar-refractivity contribution < 1.29 is 14.6 Å². The van der Waals surface area contributed by atoms with Crippen LogP contribution in [-0.2, 0) is 4.79 Å². The van der Waals surface area contributed by atoms with Crippen molar-refractivity contribution in [2.75, 3.05) is 19.0 Å². The van der Waals surface area contributed by atoms with E-state index in [1.807, 2.05) is 6.92 Å². The Morgan fingerprint density at radius 1 is 1.56 bits per heavy atom. The first kappa shape index (κ1) is 14.2. The molecule has 1 rings (SSSR count). The topological polar surface area (TPSA) is 84.3 Å². The third-order valence-electron chi connectivity index (χ3n) is 2.64. The first-order valence-corrected chi connectivity index (χ1v) is 5.90. The molecule has 6 nitrogen and oxygen atoms in total. The first-order chi connectivity index (χ1) is 8.55. The summed E-state index contributed by atoms with van der Waals surface area (Å²) in [6.07, 6.45) is 0.963. The monoisotopic (exact) mass is 253 g/mol. The number of nitrogens with one attached hydrogen (secondary N) is 1. The maximum atomic E-state index is 10.7. The van der Waals surface area contributed by atoms with Gasteiger partial charge in [0, 0.05) is 19.0 Å². The molecule has 0 spiro atoms. The lowest BCUT2D eigenvalue weighted by Crippen LogP contribution is -2.18. The fourth-order valence-electron chi connectivity index (χ4n) is 1.59. The molecular formula is C12H19N3O3. The molecule has 1 heterocycles. The Bertz CT molecular complexity index is 410. The molecule has 0 bridgehead atoms. The molecule has 0 fully saturated rings. The second-order valence-electron chi connectivity index (χ2n) is 4.10. The summed E-state index contributed by atoms with van der Waals surface area (Å²) in [5, 5.41) is 11.9. The largest absolute Gasteiger partial charge is 0.481 e. The summed E-state index contributed by atoms with van der Waals surface area (Å²) in [6, 6.07) is 1.69. The standard InChI is InChI=1S/C12H19N3O3/c1-4-9(5-12(16)17)7-13-10-6-11(18-3)15-8(2)14-10/h6,9H,4-5,7H2,1-3H3,(H,16,17)(H,13,14,15). The molecule has 1 unspecified atom stereocenters. The van der Waals surface area contributed by atoms with E-state index in [0.717, 1.165) is 6.42 Å². The van der Waals surface area contributed by atoms with Gasteiger partial charge in [0.1, 0.15) is 11.6 Å². The molecule has 100 valence electrons. The maximum Gasteiger partial charge on any atom is 0.303 e. The lowest BCUT2D eigenvalue weighted by atomic mass is 10.0. The molecule has 1 atom stereocenters. The van der Waals surface area contributed by atoms with Gasteiger partial charge in [0.15, 0.2) is 0 Å². The summed E-state index contributed by atoms with van der Waals surface area (Å²) in [4.78, 5) is 19.0. The van der Waals surface area contributed by atoms with Crippen LogP contribution in [0, 0.1) is 12.8 Å². The van der Waals surface area contributed by atoms with Gasteiger partial charge in [-0.3, -0.25) is 4.79 Å². The molecule has 0 radical (unpaired) electrons. The number of aryl methyl sites for hydroxylation is 1. The number of anilines is 1. The van der Waals surface area contributed by atoms with Crippen LogP contribution in [0.3, 0.4) is 0 Å². The predicted octanol–water partition coefficient (Wildman–Crippen LogP) is 1.71. The van der Waals surface area contributed by atoms with Crippen LogP contribution in [0.15, 0.2) is 6.07 Å². The van der Waals surface area contributed by atoms with Gasteiger partial charge >= 0.3 is 5.97 Å². The number of aliphatic carboxylic acids is 1. The molecular weight excluding hydrogens is 234 g/mol. The number of hydrogen-bond acceptors (Lipinski definition) is 5. The molecule has 1 aromatic rings. The van der Waals surface area contributed by atoms with Gasteiger partial charge in [-0.1, -0.05) is 13.3 Å². The zero-order valence-corrected chi connectivity index (χ0v) is 10.9. The summed E-state index contributed by atoms with van der Waals surface area (Å²) >= 11 is 0. The van der Waals surface area contributed by atoms with E-state index in [1.54, 1.807) is 20.1 Å². The number of rotatable bonds is 7. The van der Waals surface area contributed by atoms with Crippen LogP contribution in [0.1, 0.15) is 25.6 Å². The van der Waals surface area contributed by atoms with E-state index in [1.165, 1.54) is 0 Å². The van der Waals surface area contributed by atoms with E-state index in [9.17, 15) is 4.79 Å². The molecule has 18 heavy (non-hydrogen) atoms. The van der Waals surface area contributed by atoms with Crippen molar-refractivity contribution in [1.29, 1.82) is 0 Å². The van der Waals surface area contributed by atoms with Crippen molar-refractivity contribution in [3.8, 4) is 5.88 Å². The van der Waals surface area contributed by atoms with Gasteiger partial charge in [-0.15, -0.1) is 0 Å². The number of ether oxygens (including phenoxy) is 1. The van der Waals surface area contributed by atoms with E-state index in [4.69, 9.17) is 9.84 Å². The number of carboxylic acid groups (broad SMARTS) is 1. The second-order valence-corrected chi connectivity index (χ2v) is 4.10. The molecule has 1 aromatic heterocycles. The molecule has 0 aliphatic carbocycles. The van der Waals surface area contributed by atoms with Crippen molar-refractivity contribution in [3.05, 3.63) is 11.9 Å². The Labute approximate surface area is 106 Å². The number of carbonyl (C=O) groups is 1. The average Bonchev–Trinajstić information content (AvgIpc) is 2.33. The van der Waals surface area contributed by atoms with Gasteiger partial charge in [0.05, 0.1) is 7.11 Å². The average molecular weight is 253 g/mol. The highest BCUT2D eigenvalue weighted by molar-refractivity contribution is 5.67. The van der Waals surface area contributed by atoms with Crippen LogP contribution in [0.4, 0.5) is 5.82 Å². The summed E-state index contributed by atoms with van der Waals surface area (Å²) in [5.74, 6) is 1.08. The van der Waals surface area contributed by atoms with Gasteiger partial charge in [-0.2, -0.15) is 4.98 Å². The first-order valence-electron chi connectivity index (χ1n) is 5.90. The highest BCUT2D eigenvalue weighted by Crippen LogP contribution is 2.15. The minimum absolute atomic E-state index is 0.0868. The Hall–Kier alpha value is -1.85. The number of aromatic nitrogens is 2. The normalized spacial score (nSPS) is 11.9. The lowest BCUT2D eigenvalue weighted by Gasteiger charge is -2.14. The predicted molar refractivity (Wildman–Crippen MR) is 67.8 cm³/mol. The number of nitrogens with zero attached hydrogens (tertiary/aromatic N) is 2. The number of hydrogen-bond donors (Lipinski definition) is 2. The van der Waals surface area contributed by atoms with Gasteiger partial charge in [0.2, 0.25) is 5.88 Å². The molecule has 0 aromatic carbocycles. The number of carboxylic acids is 1. The Morgan fingerprint density at radius 3 is 2.83 bits per heavy atom. The van der Waals surface area contributed by atoms with Crippen LogP contribution in [0.2, 0.25) is 0 Å². The van der Waals surface area contributed by atoms with Crippen molar-refractivity contribution >= 4 is 11.8 Å². The molecule has 0 aliphatic heterocycles. The van der Waals surface area contributed by atoms with Crippen LogP contribution in [0.5, 0.6) is 5.88 Å². The summed E-state index contributed by atoms with van der Waals surface area (Å²) < 4.78 is 5.05. The number of methoxy groups -OCH3 is 1. The van der Waals surface area contributed by atoms with Crippen LogP contribution in [0.25, 0.3) is 0 Å². The van der Waals surface area contributed by atoms with Crippen molar-refractivity contribution in [2.45, 2.75) is 26.7 Å². The molecule has 0 aliphatic rings. The Balaban J connectivity index is 2.61. The van der Waals surface area contributed by atoms with Gasteiger partial charge < -0.3 is 15.2 Å². The van der Waals surface area contributed by atoms with E-state index in [0.29, 0.717) is 24.1 Å². The van der Waals surface area contributed by atoms with Crippen molar-refractivity contribution in [1.82, 2.24) is 9.97 Å². The van der Waals surface area contributed by atoms with Gasteiger partial charge in [-0.05, 0) is 12.8 Å². The summed E-state index contributed by atoms with van der Waals surface area (Å²) in [6.45, 7) is 4.33. The summed E-state index contributed by atoms with van der Waals surface area (Å²) in [5.41, 5.74) is 0. The smallest absolute Gasteiger partial charge is 0.303 e. The van der Waals surface area contributed by atoms with Crippen LogP contribution < -0.4 is 10.1 Å². The molecule has 6 heteroatoms. The highest BCUT2D eigenvalue weighted by atomic mass is 16.5. The fraction of sp³-hybridized carbons (Fsp3) is 0.583. The molecule has 0 saturated carbocycles. The van der Waals surface area contributed by atoms with Crippen LogP contribution in [-0.4, -0.2) is 34.7 Å². The zero-order chi connectivity index (χ0) is 13.5. The third-order valence-corrected chi connectivity index (χ3v) is 2.64. The minimum Gasteiger partial charge on any atom is -0.481 e. The maximum absolute atomic E-state index is 10.7. The van der Waals surface area contributed by atoms with Crippen molar-refractivity contribution in [2.24, 2.45) is 5.92 Å². The molecule has 0 amide bonds. The highest BCUT2D eigenvalue weighted by Gasteiger charge is 2.11. The van der Waals surface area contributed by atoms with Gasteiger partial charge in [0.25, 0.3) is 0 Å². The Kier molecular flexibility index (Phi) is 5.35. The summed E-state index contributed by atoms with van der Waals surface area (Å²) in [7, 11) is 1.55. The van der Waals surface area contributed by atoms with E-state index < -0.39 is 5.97 Å². The van der Waals surface area contributed by atoms with Crippen LogP contribution >= 0.6 is 0 Å². The SMILES string of the molecule is CCC(CNc1cc(OC)nc(C)n1)CC(=O)O. The zero-order valence-electron chi connectivity index (χ0n) is 10.9. The van der Waals surface area contributed by atoms with E-state index in [-0.39, 0.29) is 12.3 Å². The van der Waals surface area contributed by atoms with Crippen molar-refractivity contribution in [3.63, 3.8) is 0 Å². The second kappa shape index (κ2) is 6.78. The molecule has 0 saturated heterocycles. The van der Waals surface area contributed by atoms with Gasteiger partial charge in [-0.25, -0.2) is 4.98 Å². The Morgan fingerprint density at radius 2 is 2.28 bits per heavy atom. The molecule has 2 N–H and O–H groups in total. The van der Waals surface area contributed by atoms with E-state index >= 15 is 0 Å². The third kappa shape index (κ3) is 4.57. The fourth-order valence-corrected chi connectivity index (χ4v) is 1.59. The minimum atomic E-state index is -0.778. The quantitative estimate of drug-likeness (QED) is 0.769. The van der Waals surface area contributed by atoms with E-state index in [2.05, 4.69) is 15.3 Å². The lowest BCUT2D eigenvalue weighted by molar-refractivity contribution is -0.138.